The molecular formula is C36H39F4N5O5. The van der Waals surface area contributed by atoms with E-state index in [-0.39, 0.29) is 41.2 Å². The zero-order valence-corrected chi connectivity index (χ0v) is 27.4. The lowest BCUT2D eigenvalue weighted by atomic mass is 9.88. The second kappa shape index (κ2) is 15.5. The number of carbonyl (C=O) groups excluding carboxylic acids is 3. The number of nitrogens with zero attached hydrogens (tertiary/aromatic N) is 4. The van der Waals surface area contributed by atoms with Gasteiger partial charge in [0.05, 0.1) is 24.8 Å². The summed E-state index contributed by atoms with van der Waals surface area (Å²) in [6.07, 6.45) is -3.41. The fourth-order valence-corrected chi connectivity index (χ4v) is 6.64. The van der Waals surface area contributed by atoms with Crippen LogP contribution in [0.15, 0.2) is 66.9 Å². The van der Waals surface area contributed by atoms with Gasteiger partial charge in [0.2, 0.25) is 0 Å². The average molecular weight is 698 g/mol. The normalized spacial score (nSPS) is 20.7. The Morgan fingerprint density at radius 2 is 1.54 bits per heavy atom. The van der Waals surface area contributed by atoms with Crippen molar-refractivity contribution in [2.24, 2.45) is 5.92 Å². The molecule has 3 fully saturated rings. The molecule has 3 aliphatic heterocycles. The Labute approximate surface area is 287 Å². The molecule has 3 aliphatic rings. The van der Waals surface area contributed by atoms with Crippen molar-refractivity contribution in [2.75, 3.05) is 57.4 Å². The number of anilines is 1. The van der Waals surface area contributed by atoms with Crippen molar-refractivity contribution in [2.45, 2.75) is 44.4 Å². The van der Waals surface area contributed by atoms with Gasteiger partial charge in [-0.2, -0.15) is 0 Å². The third-order valence-electron chi connectivity index (χ3n) is 9.43. The number of nitrogens with one attached hydrogen (secondary N) is 1. The van der Waals surface area contributed by atoms with Gasteiger partial charge < -0.3 is 24.6 Å². The van der Waals surface area contributed by atoms with Crippen molar-refractivity contribution in [3.63, 3.8) is 0 Å². The minimum atomic E-state index is -4.77. The maximum absolute atomic E-state index is 15.1. The van der Waals surface area contributed by atoms with Gasteiger partial charge >= 0.3 is 6.36 Å². The Morgan fingerprint density at radius 1 is 0.860 bits per heavy atom. The number of amides is 2. The molecule has 14 heteroatoms. The Balaban J connectivity index is 0.940. The number of Topliss-reactive ketones (excluding diaryl/α,β-unsaturated/α-hetero) is 1. The van der Waals surface area contributed by atoms with Gasteiger partial charge in [-0.25, -0.2) is 4.39 Å². The molecular weight excluding hydrogens is 658 g/mol. The van der Waals surface area contributed by atoms with Crippen LogP contribution in [0.4, 0.5) is 23.2 Å². The lowest BCUT2D eigenvalue weighted by Crippen LogP contribution is -2.52. The molecule has 6 rings (SSSR count). The number of rotatable bonds is 9. The summed E-state index contributed by atoms with van der Waals surface area (Å²) in [5.41, 5.74) is 2.82. The number of alkyl halides is 4. The maximum atomic E-state index is 15.1. The van der Waals surface area contributed by atoms with Crippen LogP contribution < -0.4 is 15.0 Å². The second-order valence-electron chi connectivity index (χ2n) is 12.8. The van der Waals surface area contributed by atoms with E-state index in [1.54, 1.807) is 4.90 Å². The third-order valence-corrected chi connectivity index (χ3v) is 9.43. The van der Waals surface area contributed by atoms with Crippen molar-refractivity contribution in [3.8, 4) is 5.75 Å². The average Bonchev–Trinajstić information content (AvgIpc) is 3.13. The molecule has 2 amide bonds. The highest BCUT2D eigenvalue weighted by Crippen LogP contribution is 2.26. The first-order valence-electron chi connectivity index (χ1n) is 16.8. The van der Waals surface area contributed by atoms with E-state index in [1.165, 1.54) is 42.6 Å². The summed E-state index contributed by atoms with van der Waals surface area (Å²) in [6.45, 7) is 4.71. The number of hydrogen-bond acceptors (Lipinski definition) is 8. The second-order valence-corrected chi connectivity index (χ2v) is 12.8. The predicted octanol–water partition coefficient (Wildman–Crippen LogP) is 4.89. The predicted molar refractivity (Wildman–Crippen MR) is 176 cm³/mol. The number of benzene rings is 2. The summed E-state index contributed by atoms with van der Waals surface area (Å²) < 4.78 is 61.6. The Morgan fingerprint density at radius 3 is 2.16 bits per heavy atom. The fraction of sp³-hybridized carbons (Fsp3) is 0.444. The van der Waals surface area contributed by atoms with Crippen LogP contribution in [0.3, 0.4) is 0 Å². The van der Waals surface area contributed by atoms with Crippen LogP contribution in [0.1, 0.15) is 56.0 Å². The van der Waals surface area contributed by atoms with Gasteiger partial charge in [0, 0.05) is 69.2 Å². The highest BCUT2D eigenvalue weighted by molar-refractivity contribution is 5.99. The molecule has 10 nitrogen and oxygen atoms in total. The molecule has 266 valence electrons. The van der Waals surface area contributed by atoms with Gasteiger partial charge in [0.15, 0.2) is 5.78 Å². The first-order chi connectivity index (χ1) is 24.0. The highest BCUT2D eigenvalue weighted by Gasteiger charge is 2.33. The standard InChI is InChI=1S/C36H39F4N5O5/c37-30-23-43(22-24-1-8-29(9-2-24)50-36(38,39)40)14-13-31(30)42-34(47)27-5-10-32(41-21-27)35(48)45-15-11-26(12-16-45)33(46)25-3-6-28(7-4-25)44-17-19-49-20-18-44/h1-10,21,26,30-31H,11-20,22-23H2,(H,42,47)/t30-,31-/m1/s1. The Bertz CT molecular complexity index is 1620. The number of likely N-dealkylation sites (tertiary alicyclic amines) is 2. The summed E-state index contributed by atoms with van der Waals surface area (Å²) >= 11 is 0. The summed E-state index contributed by atoms with van der Waals surface area (Å²) in [5, 5.41) is 2.72. The van der Waals surface area contributed by atoms with E-state index < -0.39 is 24.5 Å². The van der Waals surface area contributed by atoms with Crippen LogP contribution in [0, 0.1) is 5.92 Å². The van der Waals surface area contributed by atoms with Crippen LogP contribution >= 0.6 is 0 Å². The van der Waals surface area contributed by atoms with Gasteiger partial charge in [-0.15, -0.1) is 13.2 Å². The molecule has 2 aromatic carbocycles. The number of pyridine rings is 1. The van der Waals surface area contributed by atoms with Crippen molar-refractivity contribution in [3.05, 3.63) is 89.2 Å². The molecule has 0 bridgehead atoms. The van der Waals surface area contributed by atoms with E-state index in [9.17, 15) is 27.6 Å². The number of ketones is 1. The smallest absolute Gasteiger partial charge is 0.406 e. The SMILES string of the molecule is O=C(N[C@@H]1CCN(Cc2ccc(OC(F)(F)F)cc2)C[C@H]1F)c1ccc(C(=O)N2CCC(C(=O)c3ccc(N4CCOCC4)cc3)CC2)nc1. The maximum Gasteiger partial charge on any atom is 0.573 e. The van der Waals surface area contributed by atoms with Gasteiger partial charge in [0.1, 0.15) is 17.6 Å². The van der Waals surface area contributed by atoms with Crippen LogP contribution in [0.2, 0.25) is 0 Å². The number of aromatic nitrogens is 1. The van der Waals surface area contributed by atoms with E-state index in [0.717, 1.165) is 18.8 Å². The van der Waals surface area contributed by atoms with Gasteiger partial charge in [-0.3, -0.25) is 24.3 Å². The molecule has 0 unspecified atom stereocenters. The van der Waals surface area contributed by atoms with Gasteiger partial charge in [-0.1, -0.05) is 12.1 Å². The molecule has 0 aliphatic carbocycles. The van der Waals surface area contributed by atoms with Crippen molar-refractivity contribution >= 4 is 23.3 Å². The molecule has 50 heavy (non-hydrogen) atoms. The number of halogens is 4. The molecule has 4 heterocycles. The summed E-state index contributed by atoms with van der Waals surface area (Å²) in [6, 6.07) is 15.4. The van der Waals surface area contributed by atoms with Crippen molar-refractivity contribution < 1.29 is 41.4 Å². The number of carbonyl (C=O) groups is 3. The number of ether oxygens (including phenoxy) is 2. The summed E-state index contributed by atoms with van der Waals surface area (Å²) in [4.78, 5) is 49.2. The van der Waals surface area contributed by atoms with E-state index in [1.807, 2.05) is 29.2 Å². The first-order valence-corrected chi connectivity index (χ1v) is 16.8. The van der Waals surface area contributed by atoms with Crippen LogP contribution in [0.5, 0.6) is 5.75 Å². The molecule has 0 saturated carbocycles. The molecule has 0 radical (unpaired) electrons. The third kappa shape index (κ3) is 8.96. The van der Waals surface area contributed by atoms with Crippen LogP contribution in [0.25, 0.3) is 0 Å². The van der Waals surface area contributed by atoms with Crippen LogP contribution in [-0.4, -0.2) is 103 Å². The zero-order valence-electron chi connectivity index (χ0n) is 27.4. The summed E-state index contributed by atoms with van der Waals surface area (Å²) in [7, 11) is 0. The van der Waals surface area contributed by atoms with Crippen molar-refractivity contribution in [1.29, 1.82) is 0 Å². The molecule has 1 aromatic heterocycles. The number of piperidine rings is 2. The lowest BCUT2D eigenvalue weighted by molar-refractivity contribution is -0.274. The van der Waals surface area contributed by atoms with E-state index >= 15 is 4.39 Å². The van der Waals surface area contributed by atoms with E-state index in [2.05, 4.69) is 19.9 Å². The quantitative estimate of drug-likeness (QED) is 0.249. The van der Waals surface area contributed by atoms with Crippen LogP contribution in [-0.2, 0) is 11.3 Å². The summed E-state index contributed by atoms with van der Waals surface area (Å²) in [5.74, 6) is -1.21. The van der Waals surface area contributed by atoms with E-state index in [4.69, 9.17) is 4.74 Å². The lowest BCUT2D eigenvalue weighted by Gasteiger charge is -2.35. The zero-order chi connectivity index (χ0) is 35.3. The monoisotopic (exact) mass is 697 g/mol. The molecule has 2 atom stereocenters. The minimum Gasteiger partial charge on any atom is -0.406 e. The van der Waals surface area contributed by atoms with Gasteiger partial charge in [0.25, 0.3) is 11.8 Å². The molecule has 3 aromatic rings. The molecule has 3 saturated heterocycles. The number of morpholine rings is 1. The van der Waals surface area contributed by atoms with Gasteiger partial charge in [-0.05, 0) is 73.4 Å². The molecule has 0 spiro atoms. The largest absolute Gasteiger partial charge is 0.573 e. The topological polar surface area (TPSA) is 104 Å². The Kier molecular flexibility index (Phi) is 11.0. The highest BCUT2D eigenvalue weighted by atomic mass is 19.4. The van der Waals surface area contributed by atoms with Crippen molar-refractivity contribution in [1.82, 2.24) is 20.1 Å². The number of hydrogen-bond donors (Lipinski definition) is 1. The fourth-order valence-electron chi connectivity index (χ4n) is 6.64. The van der Waals surface area contributed by atoms with E-state index in [0.29, 0.717) is 69.8 Å². The first kappa shape index (κ1) is 35.3. The molecule has 1 N–H and O–H groups in total. The Hall–Kier alpha value is -4.56. The minimum absolute atomic E-state index is 0.0426.